The number of fused-ring (bicyclic) bond motifs is 4. The SMILES string of the molecule is CN1CCC[C@H]1COc1nc(N2CC3CCC(C2)N3)c2cc(Cl)c(-c3csc4cnc(N)nc34)c(F)c2n1. The summed E-state index contributed by atoms with van der Waals surface area (Å²) in [6.07, 6.45) is 6.08. The van der Waals surface area contributed by atoms with Crippen molar-refractivity contribution in [2.75, 3.05) is 43.9 Å². The van der Waals surface area contributed by atoms with Gasteiger partial charge >= 0.3 is 6.01 Å². The van der Waals surface area contributed by atoms with Crippen molar-refractivity contribution >= 4 is 55.8 Å². The third kappa shape index (κ3) is 4.12. The Bertz CT molecular complexity index is 1540. The van der Waals surface area contributed by atoms with Crippen LogP contribution in [-0.2, 0) is 0 Å². The summed E-state index contributed by atoms with van der Waals surface area (Å²) in [5, 5.41) is 6.33. The fraction of sp³-hybridized carbons (Fsp3) is 0.462. The lowest BCUT2D eigenvalue weighted by Crippen LogP contribution is -2.51. The third-order valence-electron chi connectivity index (χ3n) is 8.04. The van der Waals surface area contributed by atoms with Crippen LogP contribution in [0, 0.1) is 5.82 Å². The lowest BCUT2D eigenvalue weighted by molar-refractivity contribution is 0.188. The molecule has 4 aromatic rings. The molecule has 0 aliphatic carbocycles. The molecule has 198 valence electrons. The van der Waals surface area contributed by atoms with Gasteiger partial charge in [0.25, 0.3) is 0 Å². The lowest BCUT2D eigenvalue weighted by atomic mass is 10.0. The number of likely N-dealkylation sites (N-methyl/N-ethyl adjacent to an activating group) is 1. The Balaban J connectivity index is 1.37. The van der Waals surface area contributed by atoms with Crippen molar-refractivity contribution in [1.82, 2.24) is 30.2 Å². The Labute approximate surface area is 228 Å². The van der Waals surface area contributed by atoms with Crippen molar-refractivity contribution in [3.05, 3.63) is 28.5 Å². The van der Waals surface area contributed by atoms with Crippen molar-refractivity contribution in [3.8, 4) is 17.1 Å². The number of aromatic nitrogens is 4. The third-order valence-corrected chi connectivity index (χ3v) is 9.24. The number of hydrogen-bond acceptors (Lipinski definition) is 10. The number of hydrogen-bond donors (Lipinski definition) is 2. The molecule has 7 rings (SSSR count). The zero-order chi connectivity index (χ0) is 26.0. The molecule has 3 N–H and O–H groups in total. The molecule has 1 aromatic carbocycles. The lowest BCUT2D eigenvalue weighted by Gasteiger charge is -2.34. The van der Waals surface area contributed by atoms with Crippen LogP contribution in [0.5, 0.6) is 6.01 Å². The summed E-state index contributed by atoms with van der Waals surface area (Å²) >= 11 is 8.21. The number of piperazine rings is 1. The first-order valence-corrected chi connectivity index (χ1v) is 14.2. The van der Waals surface area contributed by atoms with E-state index >= 15 is 4.39 Å². The van der Waals surface area contributed by atoms with Gasteiger partial charge in [0.15, 0.2) is 5.82 Å². The second-order valence-electron chi connectivity index (χ2n) is 10.5. The van der Waals surface area contributed by atoms with Gasteiger partial charge in [-0.2, -0.15) is 9.97 Å². The van der Waals surface area contributed by atoms with E-state index in [9.17, 15) is 0 Å². The van der Waals surface area contributed by atoms with E-state index in [0.29, 0.717) is 47.0 Å². The van der Waals surface area contributed by atoms with Gasteiger partial charge in [-0.25, -0.2) is 14.4 Å². The molecule has 0 spiro atoms. The first kappa shape index (κ1) is 24.2. The van der Waals surface area contributed by atoms with Crippen molar-refractivity contribution in [2.24, 2.45) is 0 Å². The molecule has 3 atom stereocenters. The van der Waals surface area contributed by atoms with E-state index in [0.717, 1.165) is 50.0 Å². The maximum Gasteiger partial charge on any atom is 0.319 e. The number of nitrogens with zero attached hydrogens (tertiary/aromatic N) is 6. The number of thiophene rings is 1. The molecular weight excluding hydrogens is 527 g/mol. The Morgan fingerprint density at radius 1 is 1.18 bits per heavy atom. The first-order chi connectivity index (χ1) is 18.4. The van der Waals surface area contributed by atoms with Crippen molar-refractivity contribution in [3.63, 3.8) is 0 Å². The Hall–Kier alpha value is -2.86. The van der Waals surface area contributed by atoms with Crippen molar-refractivity contribution < 1.29 is 9.13 Å². The predicted octanol–water partition coefficient (Wildman–Crippen LogP) is 4.09. The largest absolute Gasteiger partial charge is 0.462 e. The minimum Gasteiger partial charge on any atom is -0.462 e. The Kier molecular flexibility index (Phi) is 5.99. The average Bonchev–Trinajstić information content (AvgIpc) is 3.60. The van der Waals surface area contributed by atoms with Gasteiger partial charge in [0, 0.05) is 53.1 Å². The van der Waals surface area contributed by atoms with Gasteiger partial charge < -0.3 is 25.6 Å². The van der Waals surface area contributed by atoms with Gasteiger partial charge in [-0.05, 0) is 45.3 Å². The number of nitrogen functional groups attached to an aromatic ring is 1. The van der Waals surface area contributed by atoms with Crippen molar-refractivity contribution in [1.29, 1.82) is 0 Å². The van der Waals surface area contributed by atoms with Gasteiger partial charge in [0.05, 0.1) is 21.4 Å². The van der Waals surface area contributed by atoms with Crippen LogP contribution < -0.4 is 20.7 Å². The monoisotopic (exact) mass is 554 g/mol. The van der Waals surface area contributed by atoms with E-state index in [4.69, 9.17) is 27.1 Å². The topological polar surface area (TPSA) is 105 Å². The molecule has 0 saturated carbocycles. The van der Waals surface area contributed by atoms with Gasteiger partial charge in [-0.3, -0.25) is 0 Å². The van der Waals surface area contributed by atoms with Crippen LogP contribution in [-0.4, -0.2) is 76.3 Å². The summed E-state index contributed by atoms with van der Waals surface area (Å²) in [5.74, 6) is 0.270. The number of halogens is 2. The summed E-state index contributed by atoms with van der Waals surface area (Å²) in [4.78, 5) is 22.4. The van der Waals surface area contributed by atoms with Gasteiger partial charge in [-0.1, -0.05) is 11.6 Å². The highest BCUT2D eigenvalue weighted by molar-refractivity contribution is 7.17. The van der Waals surface area contributed by atoms with E-state index in [1.807, 2.05) is 5.38 Å². The summed E-state index contributed by atoms with van der Waals surface area (Å²) < 4.78 is 23.4. The van der Waals surface area contributed by atoms with E-state index in [-0.39, 0.29) is 28.1 Å². The van der Waals surface area contributed by atoms with Crippen LogP contribution in [0.1, 0.15) is 25.7 Å². The fourth-order valence-electron chi connectivity index (χ4n) is 6.06. The summed E-state index contributed by atoms with van der Waals surface area (Å²) in [7, 11) is 2.10. The average molecular weight is 555 g/mol. The van der Waals surface area contributed by atoms with Crippen LogP contribution in [0.2, 0.25) is 5.02 Å². The smallest absolute Gasteiger partial charge is 0.319 e. The fourth-order valence-corrected chi connectivity index (χ4v) is 7.21. The second-order valence-corrected chi connectivity index (χ2v) is 11.8. The van der Waals surface area contributed by atoms with E-state index in [1.165, 1.54) is 11.3 Å². The number of rotatable bonds is 5. The molecule has 0 radical (unpaired) electrons. The minimum atomic E-state index is -0.519. The van der Waals surface area contributed by atoms with E-state index in [1.54, 1.807) is 12.3 Å². The number of nitrogens with one attached hydrogen (secondary N) is 1. The highest BCUT2D eigenvalue weighted by Crippen LogP contribution is 2.43. The van der Waals surface area contributed by atoms with Crippen molar-refractivity contribution in [2.45, 2.75) is 43.8 Å². The molecular formula is C26H28ClFN8OS. The molecule has 3 aliphatic rings. The maximum atomic E-state index is 16.5. The predicted molar refractivity (Wildman–Crippen MR) is 149 cm³/mol. The highest BCUT2D eigenvalue weighted by atomic mass is 35.5. The molecule has 3 fully saturated rings. The van der Waals surface area contributed by atoms with Crippen LogP contribution in [0.25, 0.3) is 32.2 Å². The van der Waals surface area contributed by atoms with E-state index in [2.05, 4.69) is 37.1 Å². The Morgan fingerprint density at radius 2 is 2.00 bits per heavy atom. The number of benzene rings is 1. The van der Waals surface area contributed by atoms with Crippen LogP contribution in [0.4, 0.5) is 16.2 Å². The zero-order valence-corrected chi connectivity index (χ0v) is 22.5. The standard InChI is InChI=1S/C26H28ClFN8OS/c1-35-6-2-3-15(35)11-37-26-33-23-16(24(34-26)36-9-13-4-5-14(10-36)31-13)7-18(27)20(21(23)28)17-12-38-19-8-30-25(29)32-22(17)19/h7-8,12-15,31H,2-6,9-11H2,1H3,(H2,29,30,32)/t13?,14?,15-/m0/s1. The summed E-state index contributed by atoms with van der Waals surface area (Å²) in [5.41, 5.74) is 7.42. The normalized spacial score (nSPS) is 23.7. The zero-order valence-electron chi connectivity index (χ0n) is 21.0. The van der Waals surface area contributed by atoms with Gasteiger partial charge in [0.1, 0.15) is 17.9 Å². The molecule has 2 unspecified atom stereocenters. The van der Waals surface area contributed by atoms with Crippen LogP contribution in [0.15, 0.2) is 17.6 Å². The van der Waals surface area contributed by atoms with Crippen LogP contribution in [0.3, 0.4) is 0 Å². The molecule has 3 aliphatic heterocycles. The second kappa shape index (κ2) is 9.41. The highest BCUT2D eigenvalue weighted by Gasteiger charge is 2.34. The molecule has 3 aromatic heterocycles. The molecule has 0 amide bonds. The minimum absolute atomic E-state index is 0.125. The first-order valence-electron chi connectivity index (χ1n) is 13.0. The van der Waals surface area contributed by atoms with Gasteiger partial charge in [0.2, 0.25) is 5.95 Å². The molecule has 3 saturated heterocycles. The molecule has 9 nitrogen and oxygen atoms in total. The summed E-state index contributed by atoms with van der Waals surface area (Å²) in [6.45, 7) is 3.09. The van der Waals surface area contributed by atoms with Crippen LogP contribution >= 0.6 is 22.9 Å². The molecule has 2 bridgehead atoms. The number of ether oxygens (including phenoxy) is 1. The quantitative estimate of drug-likeness (QED) is 0.377. The molecule has 12 heteroatoms. The number of likely N-dealkylation sites (tertiary alicyclic amines) is 1. The number of nitrogens with two attached hydrogens (primary N) is 1. The molecule has 38 heavy (non-hydrogen) atoms. The van der Waals surface area contributed by atoms with E-state index < -0.39 is 5.82 Å². The maximum absolute atomic E-state index is 16.5. The number of anilines is 2. The Morgan fingerprint density at radius 3 is 2.76 bits per heavy atom. The van der Waals surface area contributed by atoms with Gasteiger partial charge in [-0.15, -0.1) is 11.3 Å². The summed E-state index contributed by atoms with van der Waals surface area (Å²) in [6, 6.07) is 3.03. The molecule has 6 heterocycles.